The molecule has 0 bridgehead atoms. The van der Waals surface area contributed by atoms with Crippen molar-refractivity contribution in [3.63, 3.8) is 0 Å². The van der Waals surface area contributed by atoms with Crippen LogP contribution in [0.5, 0.6) is 0 Å². The van der Waals surface area contributed by atoms with Gasteiger partial charge in [-0.15, -0.1) is 11.3 Å². The first-order valence-electron chi connectivity index (χ1n) is 19.0. The maximum Gasteiger partial charge on any atom is 0.225 e. The Morgan fingerprint density at radius 2 is 1.70 bits per heavy atom. The van der Waals surface area contributed by atoms with Crippen molar-refractivity contribution in [2.75, 3.05) is 55.1 Å². The Balaban J connectivity index is 0. The van der Waals surface area contributed by atoms with Crippen LogP contribution in [-0.2, 0) is 28.7 Å². The van der Waals surface area contributed by atoms with Crippen LogP contribution in [0, 0.1) is 30.1 Å². The first-order valence-corrected chi connectivity index (χ1v) is 19.9. The first-order chi connectivity index (χ1) is 24.7. The van der Waals surface area contributed by atoms with Gasteiger partial charge in [-0.3, -0.25) is 19.2 Å². The molecule has 0 aliphatic carbocycles. The smallest absolute Gasteiger partial charge is 0.225 e. The molecule has 2 heterocycles. The molecule has 0 radical (unpaired) electrons. The zero-order valence-electron chi connectivity index (χ0n) is 35.8. The van der Waals surface area contributed by atoms with E-state index in [1.54, 1.807) is 37.4 Å². The van der Waals surface area contributed by atoms with Crippen molar-refractivity contribution in [3.8, 4) is 0 Å². The molecule has 53 heavy (non-hydrogen) atoms. The molecule has 1 aliphatic heterocycles. The van der Waals surface area contributed by atoms with Crippen LogP contribution in [0.2, 0.25) is 0 Å². The number of nitrogens with zero attached hydrogens (tertiary/aromatic N) is 3. The average molecular weight is 772 g/mol. The van der Waals surface area contributed by atoms with Gasteiger partial charge in [0.05, 0.1) is 43.2 Å². The van der Waals surface area contributed by atoms with E-state index in [1.807, 2.05) is 32.7 Å². The number of aryl methyl sites for hydroxylation is 1. The Morgan fingerprint density at radius 1 is 1.11 bits per heavy atom. The summed E-state index contributed by atoms with van der Waals surface area (Å²) in [5.41, 5.74) is 4.03. The predicted molar refractivity (Wildman–Crippen MR) is 218 cm³/mol. The molecule has 13 heteroatoms. The SMILES string of the molecule is CC(C)C(C)N(C)C.CCC(C)C(C(CC(=O)N1CCCC1C(OC)C(C)C(=O)NCCO)OC)N(C)C(=O)CC(C)(C)C.Cc1cccs1.NC=O. The number of likely N-dealkylation sites (N-methyl/N-ethyl adjacent to an activating group) is 1. The van der Waals surface area contributed by atoms with Gasteiger partial charge in [-0.05, 0) is 69.5 Å². The van der Waals surface area contributed by atoms with E-state index in [-0.39, 0.29) is 67.1 Å². The molecule has 7 atom stereocenters. The maximum absolute atomic E-state index is 13.6. The van der Waals surface area contributed by atoms with E-state index in [0.29, 0.717) is 19.0 Å². The number of primary amides is 1. The Kier molecular flexibility index (Phi) is 27.7. The largest absolute Gasteiger partial charge is 0.395 e. The number of carbonyl (C=O) groups excluding carboxylic acids is 4. The van der Waals surface area contributed by atoms with E-state index < -0.39 is 18.1 Å². The van der Waals surface area contributed by atoms with E-state index >= 15 is 0 Å². The molecular weight excluding hydrogens is 695 g/mol. The minimum Gasteiger partial charge on any atom is -0.395 e. The summed E-state index contributed by atoms with van der Waals surface area (Å²) < 4.78 is 11.6. The fourth-order valence-electron chi connectivity index (χ4n) is 6.20. The highest BCUT2D eigenvalue weighted by Crippen LogP contribution is 2.30. The number of aliphatic hydroxyl groups excluding tert-OH is 1. The van der Waals surface area contributed by atoms with Crippen LogP contribution in [0.3, 0.4) is 0 Å². The summed E-state index contributed by atoms with van der Waals surface area (Å²) in [6.45, 7) is 21.5. The van der Waals surface area contributed by atoms with Gasteiger partial charge in [0.2, 0.25) is 24.1 Å². The third-order valence-electron chi connectivity index (χ3n) is 9.84. The van der Waals surface area contributed by atoms with Crippen LogP contribution in [0.4, 0.5) is 0 Å². The second kappa shape index (κ2) is 27.9. The normalized spacial score (nSPS) is 17.4. The van der Waals surface area contributed by atoms with E-state index in [2.05, 4.69) is 89.1 Å². The summed E-state index contributed by atoms with van der Waals surface area (Å²) >= 11 is 1.78. The summed E-state index contributed by atoms with van der Waals surface area (Å²) in [6, 6.07) is 4.40. The number of methoxy groups -OCH3 is 2. The van der Waals surface area contributed by atoms with Crippen LogP contribution in [0.15, 0.2) is 17.5 Å². The summed E-state index contributed by atoms with van der Waals surface area (Å²) in [5, 5.41) is 13.8. The minimum absolute atomic E-state index is 0.0449. The minimum atomic E-state index is -0.479. The maximum atomic E-state index is 13.6. The number of nitrogens with one attached hydrogen (secondary N) is 1. The van der Waals surface area contributed by atoms with E-state index in [4.69, 9.17) is 19.4 Å². The molecule has 2 rings (SSSR count). The van der Waals surface area contributed by atoms with Gasteiger partial charge in [-0.25, -0.2) is 0 Å². The number of thiophene rings is 1. The van der Waals surface area contributed by atoms with Gasteiger partial charge in [-0.1, -0.05) is 67.9 Å². The van der Waals surface area contributed by atoms with E-state index in [9.17, 15) is 14.4 Å². The molecule has 4 amide bonds. The number of rotatable bonds is 16. The standard InChI is InChI=1S/C27H51N3O6.C7H17N.C5H6S.CH3NO/c1-10-18(2)24(29(7)23(33)17-27(4,5)6)21(35-8)16-22(32)30-14-11-12-20(30)25(36-9)19(3)26(34)28-13-15-31;1-6(2)7(3)8(4)5;1-5-3-2-4-6-5;2-1-3/h18-21,24-25,31H,10-17H2,1-9H3,(H,28,34);6-7H,1-5H3;2-4H,1H3;1H,(H2,2,3). The number of nitrogens with two attached hydrogens (primary N) is 1. The topological polar surface area (TPSA) is 155 Å². The van der Waals surface area contributed by atoms with Gasteiger partial charge in [0.1, 0.15) is 0 Å². The molecule has 1 saturated heterocycles. The highest BCUT2D eigenvalue weighted by atomic mass is 32.1. The quantitative estimate of drug-likeness (QED) is 0.194. The fraction of sp³-hybridized carbons (Fsp3) is 0.800. The lowest BCUT2D eigenvalue weighted by atomic mass is 9.88. The fourth-order valence-corrected chi connectivity index (χ4v) is 6.73. The molecule has 0 saturated carbocycles. The lowest BCUT2D eigenvalue weighted by Crippen LogP contribution is -2.53. The number of ether oxygens (including phenoxy) is 2. The number of hydrogen-bond acceptors (Lipinski definition) is 9. The average Bonchev–Trinajstić information content (AvgIpc) is 3.78. The van der Waals surface area contributed by atoms with Crippen LogP contribution in [0.25, 0.3) is 0 Å². The molecule has 1 fully saturated rings. The Hall–Kier alpha value is -2.58. The van der Waals surface area contributed by atoms with Gasteiger partial charge in [0.15, 0.2) is 0 Å². The summed E-state index contributed by atoms with van der Waals surface area (Å²) in [5.74, 6) is 0.217. The molecule has 12 nitrogen and oxygen atoms in total. The molecule has 0 spiro atoms. The lowest BCUT2D eigenvalue weighted by molar-refractivity contribution is -0.146. The number of amides is 4. The van der Waals surface area contributed by atoms with Gasteiger partial charge in [-0.2, -0.15) is 0 Å². The van der Waals surface area contributed by atoms with Gasteiger partial charge < -0.3 is 40.3 Å². The predicted octanol–water partition coefficient (Wildman–Crippen LogP) is 5.20. The third-order valence-corrected chi connectivity index (χ3v) is 10.6. The zero-order valence-corrected chi connectivity index (χ0v) is 36.6. The monoisotopic (exact) mass is 772 g/mol. The molecule has 1 aromatic rings. The number of hydrogen-bond donors (Lipinski definition) is 3. The lowest BCUT2D eigenvalue weighted by Gasteiger charge is -2.40. The zero-order chi connectivity index (χ0) is 41.5. The third kappa shape index (κ3) is 20.6. The highest BCUT2D eigenvalue weighted by molar-refractivity contribution is 7.09. The highest BCUT2D eigenvalue weighted by Gasteiger charge is 2.42. The number of aliphatic hydroxyl groups is 1. The molecule has 1 aliphatic rings. The van der Waals surface area contributed by atoms with Gasteiger partial charge in [0, 0.05) is 51.7 Å². The molecule has 1 aromatic heterocycles. The molecular formula is C40H77N5O7S. The second-order valence-corrected chi connectivity index (χ2v) is 16.9. The van der Waals surface area contributed by atoms with E-state index in [1.165, 1.54) is 4.88 Å². The summed E-state index contributed by atoms with van der Waals surface area (Å²) in [4.78, 5) is 55.0. The van der Waals surface area contributed by atoms with Crippen LogP contribution in [-0.4, -0.2) is 129 Å². The van der Waals surface area contributed by atoms with Crippen molar-refractivity contribution in [1.29, 1.82) is 0 Å². The Labute approximate surface area is 326 Å². The van der Waals surface area contributed by atoms with Crippen molar-refractivity contribution < 1.29 is 33.8 Å². The van der Waals surface area contributed by atoms with Crippen molar-refractivity contribution in [1.82, 2.24) is 20.0 Å². The molecule has 0 aromatic carbocycles. The number of likely N-dealkylation sites (tertiary alicyclic amines) is 1. The molecule has 7 unspecified atom stereocenters. The summed E-state index contributed by atoms with van der Waals surface area (Å²) in [6.07, 6.45) is 2.34. The van der Waals surface area contributed by atoms with Crippen molar-refractivity contribution in [3.05, 3.63) is 22.4 Å². The van der Waals surface area contributed by atoms with Crippen LogP contribution in [0.1, 0.15) is 99.3 Å². The Bertz CT molecular complexity index is 1120. The van der Waals surface area contributed by atoms with Crippen molar-refractivity contribution in [2.24, 2.45) is 28.9 Å². The Morgan fingerprint density at radius 3 is 2.06 bits per heavy atom. The van der Waals surface area contributed by atoms with Crippen LogP contribution >= 0.6 is 11.3 Å². The van der Waals surface area contributed by atoms with Crippen molar-refractivity contribution >= 4 is 35.5 Å². The van der Waals surface area contributed by atoms with Gasteiger partial charge in [0.25, 0.3) is 0 Å². The first kappa shape index (κ1) is 52.5. The van der Waals surface area contributed by atoms with Crippen LogP contribution < -0.4 is 11.1 Å². The van der Waals surface area contributed by atoms with Gasteiger partial charge >= 0.3 is 0 Å². The summed E-state index contributed by atoms with van der Waals surface area (Å²) in [7, 11) is 9.21. The second-order valence-electron chi connectivity index (χ2n) is 15.7. The van der Waals surface area contributed by atoms with E-state index in [0.717, 1.165) is 25.2 Å². The molecule has 310 valence electrons. The number of carbonyl (C=O) groups is 4. The van der Waals surface area contributed by atoms with Crippen molar-refractivity contribution in [2.45, 2.75) is 132 Å². The molecule has 4 N–H and O–H groups in total.